The molecule has 6 heteroatoms. The van der Waals surface area contributed by atoms with Gasteiger partial charge < -0.3 is 5.32 Å². The summed E-state index contributed by atoms with van der Waals surface area (Å²) in [6.07, 6.45) is 0. The van der Waals surface area contributed by atoms with Crippen molar-refractivity contribution in [2.24, 2.45) is 0 Å². The van der Waals surface area contributed by atoms with Crippen LogP contribution in [0.15, 0.2) is 51.8 Å². The first-order chi connectivity index (χ1) is 9.97. The van der Waals surface area contributed by atoms with Gasteiger partial charge >= 0.3 is 0 Å². The number of thioether (sulfide) groups is 1. The van der Waals surface area contributed by atoms with Crippen molar-refractivity contribution in [3.8, 4) is 0 Å². The smallest absolute Gasteiger partial charge is 0.288 e. The Hall–Kier alpha value is -1.14. The highest BCUT2D eigenvalue weighted by molar-refractivity contribution is 9.10. The van der Waals surface area contributed by atoms with E-state index in [1.165, 1.54) is 6.07 Å². The molecule has 0 aromatic heterocycles. The molecule has 0 amide bonds. The van der Waals surface area contributed by atoms with Gasteiger partial charge in [-0.2, -0.15) is 8.78 Å². The molecule has 1 unspecified atom stereocenters. The molecule has 0 aliphatic carbocycles. The van der Waals surface area contributed by atoms with Gasteiger partial charge in [-0.05, 0) is 37.3 Å². The largest absolute Gasteiger partial charge is 0.378 e. The van der Waals surface area contributed by atoms with Crippen molar-refractivity contribution in [1.29, 1.82) is 0 Å². The van der Waals surface area contributed by atoms with E-state index >= 15 is 0 Å². The van der Waals surface area contributed by atoms with Crippen LogP contribution in [-0.4, -0.2) is 5.76 Å². The van der Waals surface area contributed by atoms with Gasteiger partial charge in [0.1, 0.15) is 5.82 Å². The molecule has 112 valence electrons. The summed E-state index contributed by atoms with van der Waals surface area (Å²) in [5.74, 6) is -2.83. The minimum atomic E-state index is -2.49. The second-order valence-electron chi connectivity index (χ2n) is 4.41. The minimum absolute atomic E-state index is 0.336. The maximum atomic E-state index is 13.8. The fraction of sp³-hybridized carbons (Fsp3) is 0.200. The number of benzene rings is 2. The first kappa shape index (κ1) is 16.2. The Morgan fingerprint density at radius 2 is 1.86 bits per heavy atom. The molecular weight excluding hydrogens is 363 g/mol. The van der Waals surface area contributed by atoms with E-state index < -0.39 is 5.76 Å². The van der Waals surface area contributed by atoms with E-state index in [1.807, 2.05) is 0 Å². The molecule has 2 aromatic carbocycles. The Labute approximate surface area is 134 Å². The predicted octanol–water partition coefficient (Wildman–Crippen LogP) is 6.08. The van der Waals surface area contributed by atoms with Crippen LogP contribution in [0.3, 0.4) is 0 Å². The van der Waals surface area contributed by atoms with Crippen molar-refractivity contribution in [2.45, 2.75) is 23.6 Å². The molecule has 0 radical (unpaired) electrons. The summed E-state index contributed by atoms with van der Waals surface area (Å²) < 4.78 is 39.7. The average Bonchev–Trinajstić information content (AvgIpc) is 2.43. The van der Waals surface area contributed by atoms with Crippen LogP contribution in [-0.2, 0) is 0 Å². The van der Waals surface area contributed by atoms with Gasteiger partial charge in [-0.1, -0.05) is 39.8 Å². The SMILES string of the molecule is CC(Nc1ccccc1SC(F)F)c1cc(Br)ccc1F. The van der Waals surface area contributed by atoms with Gasteiger partial charge in [0.2, 0.25) is 0 Å². The Morgan fingerprint density at radius 1 is 1.14 bits per heavy atom. The topological polar surface area (TPSA) is 12.0 Å². The van der Waals surface area contributed by atoms with Crippen molar-refractivity contribution in [3.63, 3.8) is 0 Å². The van der Waals surface area contributed by atoms with Crippen LogP contribution in [0.2, 0.25) is 0 Å². The highest BCUT2D eigenvalue weighted by Crippen LogP contribution is 2.34. The first-order valence-corrected chi connectivity index (χ1v) is 7.90. The fourth-order valence-corrected chi connectivity index (χ4v) is 2.92. The van der Waals surface area contributed by atoms with Gasteiger partial charge in [-0.15, -0.1) is 0 Å². The molecule has 1 nitrogen and oxygen atoms in total. The van der Waals surface area contributed by atoms with E-state index in [0.29, 0.717) is 27.9 Å². The third kappa shape index (κ3) is 4.41. The number of para-hydroxylation sites is 1. The molecule has 0 heterocycles. The maximum Gasteiger partial charge on any atom is 0.288 e. The van der Waals surface area contributed by atoms with Crippen LogP contribution in [0.1, 0.15) is 18.5 Å². The predicted molar refractivity (Wildman–Crippen MR) is 84.4 cm³/mol. The van der Waals surface area contributed by atoms with E-state index in [2.05, 4.69) is 21.2 Å². The van der Waals surface area contributed by atoms with E-state index in [4.69, 9.17) is 0 Å². The standard InChI is InChI=1S/C15H13BrF3NS/c1-9(11-8-10(16)6-7-12(11)17)20-13-4-2-3-5-14(13)21-15(18)19/h2-9,15,20H,1H3. The molecular formula is C15H13BrF3NS. The molecule has 2 aromatic rings. The number of halogens is 4. The van der Waals surface area contributed by atoms with Crippen LogP contribution < -0.4 is 5.32 Å². The molecule has 0 aliphatic rings. The van der Waals surface area contributed by atoms with Gasteiger partial charge in [-0.25, -0.2) is 4.39 Å². The summed E-state index contributed by atoms with van der Waals surface area (Å²) in [6, 6.07) is 11.1. The number of alkyl halides is 2. The highest BCUT2D eigenvalue weighted by atomic mass is 79.9. The monoisotopic (exact) mass is 375 g/mol. The number of hydrogen-bond donors (Lipinski definition) is 1. The second kappa shape index (κ2) is 7.22. The van der Waals surface area contributed by atoms with E-state index in [9.17, 15) is 13.2 Å². The highest BCUT2D eigenvalue weighted by Gasteiger charge is 2.15. The van der Waals surface area contributed by atoms with E-state index in [1.54, 1.807) is 43.3 Å². The fourth-order valence-electron chi connectivity index (χ4n) is 1.94. The zero-order chi connectivity index (χ0) is 15.4. The van der Waals surface area contributed by atoms with Crippen LogP contribution in [0.4, 0.5) is 18.9 Å². The van der Waals surface area contributed by atoms with Gasteiger partial charge in [-0.3, -0.25) is 0 Å². The van der Waals surface area contributed by atoms with Crippen molar-refractivity contribution in [2.75, 3.05) is 5.32 Å². The van der Waals surface area contributed by atoms with E-state index in [0.717, 1.165) is 4.47 Å². The number of nitrogens with one attached hydrogen (secondary N) is 1. The van der Waals surface area contributed by atoms with Crippen LogP contribution in [0, 0.1) is 5.82 Å². The molecule has 1 atom stereocenters. The minimum Gasteiger partial charge on any atom is -0.378 e. The average molecular weight is 376 g/mol. The van der Waals surface area contributed by atoms with Gasteiger partial charge in [0, 0.05) is 20.6 Å². The number of rotatable bonds is 5. The van der Waals surface area contributed by atoms with Crippen LogP contribution >= 0.6 is 27.7 Å². The zero-order valence-corrected chi connectivity index (χ0v) is 13.5. The van der Waals surface area contributed by atoms with Crippen LogP contribution in [0.25, 0.3) is 0 Å². The van der Waals surface area contributed by atoms with Gasteiger partial charge in [0.15, 0.2) is 0 Å². The Kier molecular flexibility index (Phi) is 5.58. The lowest BCUT2D eigenvalue weighted by Gasteiger charge is -2.19. The third-order valence-corrected chi connectivity index (χ3v) is 4.18. The molecule has 0 saturated heterocycles. The molecule has 0 saturated carbocycles. The summed E-state index contributed by atoms with van der Waals surface area (Å²) in [5, 5.41) is 3.09. The van der Waals surface area contributed by atoms with Crippen molar-refractivity contribution in [1.82, 2.24) is 0 Å². The summed E-state index contributed by atoms with van der Waals surface area (Å²) in [4.78, 5) is 0.440. The Bertz CT molecular complexity index is 622. The lowest BCUT2D eigenvalue weighted by molar-refractivity contribution is 0.252. The lowest BCUT2D eigenvalue weighted by atomic mass is 10.1. The molecule has 0 aliphatic heterocycles. The van der Waals surface area contributed by atoms with Gasteiger partial charge in [0.25, 0.3) is 5.76 Å². The van der Waals surface area contributed by atoms with Gasteiger partial charge in [0.05, 0.1) is 6.04 Å². The normalized spacial score (nSPS) is 12.5. The Balaban J connectivity index is 2.23. The molecule has 1 N–H and O–H groups in total. The molecule has 2 rings (SSSR count). The second-order valence-corrected chi connectivity index (χ2v) is 6.35. The van der Waals surface area contributed by atoms with Crippen LogP contribution in [0.5, 0.6) is 0 Å². The summed E-state index contributed by atoms with van der Waals surface area (Å²) in [6.45, 7) is 1.79. The molecule has 0 spiro atoms. The first-order valence-electron chi connectivity index (χ1n) is 6.22. The molecule has 0 fully saturated rings. The summed E-state index contributed by atoms with van der Waals surface area (Å²) in [7, 11) is 0. The van der Waals surface area contributed by atoms with Crippen molar-refractivity contribution in [3.05, 3.63) is 58.3 Å². The third-order valence-electron chi connectivity index (χ3n) is 2.90. The van der Waals surface area contributed by atoms with E-state index in [-0.39, 0.29) is 11.9 Å². The summed E-state index contributed by atoms with van der Waals surface area (Å²) in [5.41, 5.74) is 1.04. The number of hydrogen-bond acceptors (Lipinski definition) is 2. The quantitative estimate of drug-likeness (QED) is 0.635. The lowest BCUT2D eigenvalue weighted by Crippen LogP contribution is -2.09. The summed E-state index contributed by atoms with van der Waals surface area (Å²) >= 11 is 3.77. The number of anilines is 1. The molecule has 0 bridgehead atoms. The Morgan fingerprint density at radius 3 is 2.57 bits per heavy atom. The van der Waals surface area contributed by atoms with Crippen molar-refractivity contribution < 1.29 is 13.2 Å². The van der Waals surface area contributed by atoms with Crippen molar-refractivity contribution >= 4 is 33.4 Å². The zero-order valence-electron chi connectivity index (χ0n) is 11.1. The maximum absolute atomic E-state index is 13.8. The molecule has 21 heavy (non-hydrogen) atoms.